The third-order valence-electron chi connectivity index (χ3n) is 4.21. The van der Waals surface area contributed by atoms with Gasteiger partial charge in [-0.05, 0) is 37.5 Å². The molecule has 0 spiro atoms. The van der Waals surface area contributed by atoms with Crippen molar-refractivity contribution in [1.82, 2.24) is 9.62 Å². The highest BCUT2D eigenvalue weighted by Gasteiger charge is 2.29. The second kappa shape index (κ2) is 7.76. The molecular weight excluding hydrogens is 352 g/mol. The van der Waals surface area contributed by atoms with E-state index in [9.17, 15) is 22.0 Å². The molecule has 1 amide bonds. The lowest BCUT2D eigenvalue weighted by Crippen LogP contribution is -2.41. The third-order valence-corrected chi connectivity index (χ3v) is 6.11. The van der Waals surface area contributed by atoms with Gasteiger partial charge in [0.1, 0.15) is 0 Å². The first-order valence-electron chi connectivity index (χ1n) is 8.14. The lowest BCUT2D eigenvalue weighted by atomic mass is 10.1. The Hall–Kier alpha value is -1.58. The smallest absolute Gasteiger partial charge is 0.277 e. The van der Waals surface area contributed by atoms with Crippen LogP contribution in [0.2, 0.25) is 0 Å². The van der Waals surface area contributed by atoms with Crippen molar-refractivity contribution in [2.24, 2.45) is 5.73 Å². The van der Waals surface area contributed by atoms with Crippen LogP contribution in [0.4, 0.5) is 8.78 Å². The lowest BCUT2D eigenvalue weighted by molar-refractivity contribution is 0.0118. The largest absolute Gasteiger partial charge is 0.346 e. The quantitative estimate of drug-likeness (QED) is 0.788. The van der Waals surface area contributed by atoms with Crippen molar-refractivity contribution in [1.29, 1.82) is 0 Å². The number of carbonyl (C=O) groups is 1. The van der Waals surface area contributed by atoms with Gasteiger partial charge in [-0.3, -0.25) is 4.79 Å². The Morgan fingerprint density at radius 2 is 1.92 bits per heavy atom. The highest BCUT2D eigenvalue weighted by Crippen LogP contribution is 2.23. The Bertz CT molecular complexity index is 732. The molecule has 0 unspecified atom stereocenters. The van der Waals surface area contributed by atoms with Crippen LogP contribution in [0.3, 0.4) is 0 Å². The van der Waals surface area contributed by atoms with Crippen LogP contribution < -0.4 is 11.1 Å². The standard InChI is InChI=1S/C16H23F2N3O3S/c1-12-5-6-13(25(23,24)21-7-3-2-4-8-21)9-14(12)15(22)20-11-16(17,18)10-19/h5-6,9H,2-4,7-8,10-11,19H2,1H3,(H,20,22). The summed E-state index contributed by atoms with van der Waals surface area (Å²) in [5.41, 5.74) is 5.51. The van der Waals surface area contributed by atoms with Crippen molar-refractivity contribution in [3.05, 3.63) is 29.3 Å². The van der Waals surface area contributed by atoms with Crippen LogP contribution in [0, 0.1) is 6.92 Å². The molecule has 140 valence electrons. The first kappa shape index (κ1) is 19.7. The molecule has 1 aliphatic rings. The number of piperidine rings is 1. The first-order valence-corrected chi connectivity index (χ1v) is 9.58. The second-order valence-electron chi connectivity index (χ2n) is 6.18. The van der Waals surface area contributed by atoms with Gasteiger partial charge in [-0.25, -0.2) is 17.2 Å². The molecule has 1 aromatic carbocycles. The van der Waals surface area contributed by atoms with Crippen LogP contribution in [0.15, 0.2) is 23.1 Å². The van der Waals surface area contributed by atoms with Gasteiger partial charge in [-0.2, -0.15) is 4.31 Å². The summed E-state index contributed by atoms with van der Waals surface area (Å²) in [6, 6.07) is 4.19. The minimum Gasteiger partial charge on any atom is -0.346 e. The van der Waals surface area contributed by atoms with E-state index in [1.54, 1.807) is 6.92 Å². The van der Waals surface area contributed by atoms with Crippen molar-refractivity contribution in [2.75, 3.05) is 26.2 Å². The van der Waals surface area contributed by atoms with Crippen LogP contribution in [0.25, 0.3) is 0 Å². The number of nitrogens with one attached hydrogen (secondary N) is 1. The summed E-state index contributed by atoms with van der Waals surface area (Å²) in [7, 11) is -3.70. The highest BCUT2D eigenvalue weighted by molar-refractivity contribution is 7.89. The van der Waals surface area contributed by atoms with Crippen molar-refractivity contribution in [2.45, 2.75) is 37.0 Å². The molecule has 0 aliphatic carbocycles. The molecule has 0 saturated carbocycles. The summed E-state index contributed by atoms with van der Waals surface area (Å²) in [6.45, 7) is 0.731. The Morgan fingerprint density at radius 3 is 2.52 bits per heavy atom. The zero-order chi connectivity index (χ0) is 18.7. The number of benzene rings is 1. The van der Waals surface area contributed by atoms with Crippen molar-refractivity contribution in [3.63, 3.8) is 0 Å². The average Bonchev–Trinajstić information content (AvgIpc) is 2.60. The Kier molecular flexibility index (Phi) is 6.12. The fraction of sp³-hybridized carbons (Fsp3) is 0.562. The molecular formula is C16H23F2N3O3S. The number of nitrogens with two attached hydrogens (primary N) is 1. The molecule has 1 aromatic rings. The van der Waals surface area contributed by atoms with Gasteiger partial charge < -0.3 is 11.1 Å². The van der Waals surface area contributed by atoms with Gasteiger partial charge in [-0.1, -0.05) is 12.5 Å². The number of hydrogen-bond donors (Lipinski definition) is 2. The molecule has 25 heavy (non-hydrogen) atoms. The SMILES string of the molecule is Cc1ccc(S(=O)(=O)N2CCCCC2)cc1C(=O)NCC(F)(F)CN. The summed E-state index contributed by atoms with van der Waals surface area (Å²) >= 11 is 0. The van der Waals surface area contributed by atoms with Gasteiger partial charge in [0.2, 0.25) is 10.0 Å². The van der Waals surface area contributed by atoms with Gasteiger partial charge in [0.05, 0.1) is 18.0 Å². The Labute approximate surface area is 146 Å². The van der Waals surface area contributed by atoms with E-state index in [4.69, 9.17) is 5.73 Å². The van der Waals surface area contributed by atoms with Crippen LogP contribution in [-0.4, -0.2) is 50.7 Å². The molecule has 0 bridgehead atoms. The first-order chi connectivity index (χ1) is 11.7. The zero-order valence-corrected chi connectivity index (χ0v) is 14.9. The van der Waals surface area contributed by atoms with E-state index in [2.05, 4.69) is 5.32 Å². The van der Waals surface area contributed by atoms with Crippen LogP contribution in [0.1, 0.15) is 35.2 Å². The van der Waals surface area contributed by atoms with Crippen LogP contribution in [0.5, 0.6) is 0 Å². The number of nitrogens with zero attached hydrogens (tertiary/aromatic N) is 1. The summed E-state index contributed by atoms with van der Waals surface area (Å²) in [4.78, 5) is 12.2. The molecule has 2 rings (SSSR count). The number of aryl methyl sites for hydroxylation is 1. The van der Waals surface area contributed by atoms with E-state index >= 15 is 0 Å². The molecule has 0 aromatic heterocycles. The molecule has 9 heteroatoms. The predicted octanol–water partition coefficient (Wildman–Crippen LogP) is 1.49. The number of halogens is 2. The number of hydrogen-bond acceptors (Lipinski definition) is 4. The fourth-order valence-electron chi connectivity index (χ4n) is 2.64. The second-order valence-corrected chi connectivity index (χ2v) is 8.12. The maximum atomic E-state index is 13.2. The van der Waals surface area contributed by atoms with Crippen LogP contribution in [-0.2, 0) is 10.0 Å². The predicted molar refractivity (Wildman–Crippen MR) is 90.1 cm³/mol. The molecule has 0 atom stereocenters. The summed E-state index contributed by atoms with van der Waals surface area (Å²) in [5, 5.41) is 2.11. The number of amides is 1. The van der Waals surface area contributed by atoms with Gasteiger partial charge in [-0.15, -0.1) is 0 Å². The van der Waals surface area contributed by atoms with E-state index < -0.39 is 34.9 Å². The highest BCUT2D eigenvalue weighted by atomic mass is 32.2. The monoisotopic (exact) mass is 375 g/mol. The molecule has 1 heterocycles. The van der Waals surface area contributed by atoms with Crippen molar-refractivity contribution < 1.29 is 22.0 Å². The minimum absolute atomic E-state index is 0.00395. The van der Waals surface area contributed by atoms with E-state index in [1.165, 1.54) is 22.5 Å². The fourth-order valence-corrected chi connectivity index (χ4v) is 4.18. The van der Waals surface area contributed by atoms with Gasteiger partial charge in [0.15, 0.2) is 0 Å². The number of carbonyl (C=O) groups excluding carboxylic acids is 1. The number of rotatable bonds is 6. The maximum Gasteiger partial charge on any atom is 0.277 e. The number of alkyl halides is 2. The average molecular weight is 375 g/mol. The van der Waals surface area contributed by atoms with Gasteiger partial charge in [0.25, 0.3) is 11.8 Å². The van der Waals surface area contributed by atoms with E-state index in [-0.39, 0.29) is 10.5 Å². The zero-order valence-electron chi connectivity index (χ0n) is 14.1. The van der Waals surface area contributed by atoms with Crippen LogP contribution >= 0.6 is 0 Å². The molecule has 0 radical (unpaired) electrons. The Morgan fingerprint density at radius 1 is 1.28 bits per heavy atom. The molecule has 1 fully saturated rings. The lowest BCUT2D eigenvalue weighted by Gasteiger charge is -2.26. The van der Waals surface area contributed by atoms with E-state index in [1.807, 2.05) is 0 Å². The van der Waals surface area contributed by atoms with E-state index in [0.717, 1.165) is 19.3 Å². The van der Waals surface area contributed by atoms with E-state index in [0.29, 0.717) is 18.7 Å². The molecule has 1 aliphatic heterocycles. The van der Waals surface area contributed by atoms with Crippen molar-refractivity contribution in [3.8, 4) is 0 Å². The van der Waals surface area contributed by atoms with Gasteiger partial charge >= 0.3 is 0 Å². The molecule has 1 saturated heterocycles. The maximum absolute atomic E-state index is 13.2. The molecule has 3 N–H and O–H groups in total. The Balaban J connectivity index is 2.23. The normalized spacial score (nSPS) is 16.6. The van der Waals surface area contributed by atoms with Gasteiger partial charge in [0, 0.05) is 18.7 Å². The summed E-state index contributed by atoms with van der Waals surface area (Å²) in [5.74, 6) is -3.96. The third kappa shape index (κ3) is 4.74. The summed E-state index contributed by atoms with van der Waals surface area (Å²) < 4.78 is 53.2. The summed E-state index contributed by atoms with van der Waals surface area (Å²) in [6.07, 6.45) is 2.59. The number of sulfonamides is 1. The van der Waals surface area contributed by atoms with Crippen molar-refractivity contribution >= 4 is 15.9 Å². The molecule has 6 nitrogen and oxygen atoms in total. The topological polar surface area (TPSA) is 92.5 Å². The minimum atomic E-state index is -3.70.